The van der Waals surface area contributed by atoms with Crippen molar-refractivity contribution >= 4 is 5.95 Å². The van der Waals surface area contributed by atoms with Crippen molar-refractivity contribution in [2.75, 3.05) is 12.4 Å². The Balaban J connectivity index is 1.60. The third-order valence-electron chi connectivity index (χ3n) is 4.06. The highest BCUT2D eigenvalue weighted by Crippen LogP contribution is 2.23. The average Bonchev–Trinajstić information content (AvgIpc) is 2.57. The lowest BCUT2D eigenvalue weighted by atomic mass is 9.91. The van der Waals surface area contributed by atoms with Crippen LogP contribution < -0.4 is 15.4 Å². The zero-order valence-electron chi connectivity index (χ0n) is 12.8. The Morgan fingerprint density at radius 2 is 1.73 bits per heavy atom. The minimum absolute atomic E-state index is 0.441. The second kappa shape index (κ2) is 7.22. The van der Waals surface area contributed by atoms with Gasteiger partial charge in [-0.2, -0.15) is 4.98 Å². The van der Waals surface area contributed by atoms with Crippen molar-refractivity contribution in [2.45, 2.75) is 37.8 Å². The van der Waals surface area contributed by atoms with Crippen molar-refractivity contribution in [1.82, 2.24) is 15.3 Å². The van der Waals surface area contributed by atoms with Crippen molar-refractivity contribution in [3.05, 3.63) is 42.6 Å². The van der Waals surface area contributed by atoms with Gasteiger partial charge in [0.25, 0.3) is 0 Å². The lowest BCUT2D eigenvalue weighted by molar-refractivity contribution is 0.370. The van der Waals surface area contributed by atoms with E-state index in [1.807, 2.05) is 37.4 Å². The number of benzene rings is 1. The van der Waals surface area contributed by atoms with E-state index >= 15 is 0 Å². The van der Waals surface area contributed by atoms with Crippen LogP contribution in [0.4, 0.5) is 5.95 Å². The molecule has 1 aromatic heterocycles. The first-order valence-electron chi connectivity index (χ1n) is 7.83. The minimum Gasteiger partial charge on any atom is -0.439 e. The number of rotatable bonds is 5. The van der Waals surface area contributed by atoms with Crippen LogP contribution in [0.25, 0.3) is 0 Å². The lowest BCUT2D eigenvalue weighted by Gasteiger charge is -2.28. The maximum atomic E-state index is 5.74. The van der Waals surface area contributed by atoms with E-state index in [2.05, 4.69) is 20.6 Å². The first-order chi connectivity index (χ1) is 10.8. The van der Waals surface area contributed by atoms with Crippen molar-refractivity contribution < 1.29 is 4.74 Å². The molecule has 0 aliphatic heterocycles. The molecule has 3 rings (SSSR count). The monoisotopic (exact) mass is 298 g/mol. The first-order valence-corrected chi connectivity index (χ1v) is 7.83. The zero-order chi connectivity index (χ0) is 15.2. The molecule has 0 radical (unpaired) electrons. The summed E-state index contributed by atoms with van der Waals surface area (Å²) in [5.41, 5.74) is 0. The topological polar surface area (TPSA) is 59.1 Å². The molecule has 1 aliphatic rings. The summed E-state index contributed by atoms with van der Waals surface area (Å²) in [6, 6.07) is 12.5. The normalized spacial score (nSPS) is 21.3. The van der Waals surface area contributed by atoms with Crippen molar-refractivity contribution in [2.24, 2.45) is 0 Å². The molecule has 5 nitrogen and oxygen atoms in total. The van der Waals surface area contributed by atoms with Gasteiger partial charge in [0, 0.05) is 24.3 Å². The fraction of sp³-hybridized carbons (Fsp3) is 0.412. The highest BCUT2D eigenvalue weighted by molar-refractivity contribution is 5.32. The fourth-order valence-corrected chi connectivity index (χ4v) is 2.79. The highest BCUT2D eigenvalue weighted by Gasteiger charge is 2.20. The number of aromatic nitrogens is 2. The average molecular weight is 298 g/mol. The van der Waals surface area contributed by atoms with Crippen LogP contribution in [0.2, 0.25) is 0 Å². The van der Waals surface area contributed by atoms with Crippen molar-refractivity contribution in [3.8, 4) is 11.6 Å². The molecule has 0 spiro atoms. The van der Waals surface area contributed by atoms with Crippen LogP contribution in [0.15, 0.2) is 42.6 Å². The number of hydrogen-bond acceptors (Lipinski definition) is 5. The molecule has 0 atom stereocenters. The molecule has 1 aliphatic carbocycles. The quantitative estimate of drug-likeness (QED) is 0.887. The van der Waals surface area contributed by atoms with Gasteiger partial charge in [0.2, 0.25) is 11.8 Å². The molecule has 22 heavy (non-hydrogen) atoms. The van der Waals surface area contributed by atoms with Gasteiger partial charge in [-0.3, -0.25) is 0 Å². The summed E-state index contributed by atoms with van der Waals surface area (Å²) in [6.07, 6.45) is 6.38. The Hall–Kier alpha value is -2.14. The Morgan fingerprint density at radius 1 is 1.00 bits per heavy atom. The maximum Gasteiger partial charge on any atom is 0.226 e. The van der Waals surface area contributed by atoms with E-state index in [4.69, 9.17) is 4.74 Å². The van der Waals surface area contributed by atoms with E-state index in [0.29, 0.717) is 23.9 Å². The predicted octanol–water partition coefficient (Wildman–Crippen LogP) is 3.21. The van der Waals surface area contributed by atoms with Gasteiger partial charge in [-0.25, -0.2) is 4.98 Å². The number of hydrogen-bond donors (Lipinski definition) is 2. The van der Waals surface area contributed by atoms with E-state index < -0.39 is 0 Å². The van der Waals surface area contributed by atoms with Crippen LogP contribution in [0.5, 0.6) is 11.6 Å². The zero-order valence-corrected chi connectivity index (χ0v) is 12.8. The number of para-hydroxylation sites is 1. The van der Waals surface area contributed by atoms with Gasteiger partial charge in [-0.05, 0) is 44.9 Å². The molecule has 0 saturated heterocycles. The summed E-state index contributed by atoms with van der Waals surface area (Å²) in [7, 11) is 2.03. The molecule has 0 amide bonds. The summed E-state index contributed by atoms with van der Waals surface area (Å²) < 4.78 is 5.74. The van der Waals surface area contributed by atoms with Gasteiger partial charge in [0.05, 0.1) is 0 Å². The molecule has 116 valence electrons. The molecular weight excluding hydrogens is 276 g/mol. The Bertz CT molecular complexity index is 582. The molecule has 0 unspecified atom stereocenters. The molecule has 2 aromatic rings. The molecule has 0 bridgehead atoms. The Morgan fingerprint density at radius 3 is 2.45 bits per heavy atom. The summed E-state index contributed by atoms with van der Waals surface area (Å²) in [5.74, 6) is 1.98. The third-order valence-corrected chi connectivity index (χ3v) is 4.06. The molecule has 1 heterocycles. The first kappa shape index (κ1) is 14.8. The molecule has 1 fully saturated rings. The van der Waals surface area contributed by atoms with E-state index in [1.165, 1.54) is 12.8 Å². The van der Waals surface area contributed by atoms with Crippen molar-refractivity contribution in [3.63, 3.8) is 0 Å². The van der Waals surface area contributed by atoms with Gasteiger partial charge in [-0.15, -0.1) is 0 Å². The van der Waals surface area contributed by atoms with Crippen LogP contribution in [-0.4, -0.2) is 29.1 Å². The van der Waals surface area contributed by atoms with E-state index in [9.17, 15) is 0 Å². The van der Waals surface area contributed by atoms with Crippen LogP contribution in [0.1, 0.15) is 25.7 Å². The highest BCUT2D eigenvalue weighted by atomic mass is 16.5. The van der Waals surface area contributed by atoms with Crippen LogP contribution in [0.3, 0.4) is 0 Å². The van der Waals surface area contributed by atoms with Crippen LogP contribution >= 0.6 is 0 Å². The van der Waals surface area contributed by atoms with Gasteiger partial charge in [0.1, 0.15) is 5.75 Å². The summed E-state index contributed by atoms with van der Waals surface area (Å²) in [6.45, 7) is 0. The van der Waals surface area contributed by atoms with Crippen LogP contribution in [-0.2, 0) is 0 Å². The fourth-order valence-electron chi connectivity index (χ4n) is 2.79. The smallest absolute Gasteiger partial charge is 0.226 e. The Labute approximate surface area is 131 Å². The largest absolute Gasteiger partial charge is 0.439 e. The minimum atomic E-state index is 0.441. The molecule has 1 saturated carbocycles. The van der Waals surface area contributed by atoms with E-state index in [1.54, 1.807) is 12.3 Å². The summed E-state index contributed by atoms with van der Waals surface area (Å²) in [4.78, 5) is 8.74. The standard InChI is InChI=1S/C17H22N4O/c1-18-13-7-9-14(10-8-13)20-17-19-12-11-16(21-17)22-15-5-3-2-4-6-15/h2-6,11-14,18H,7-10H2,1H3,(H,19,20,21). The summed E-state index contributed by atoms with van der Waals surface area (Å²) >= 11 is 0. The number of anilines is 1. The second-order valence-corrected chi connectivity index (χ2v) is 5.62. The van der Waals surface area contributed by atoms with Crippen molar-refractivity contribution in [1.29, 1.82) is 0 Å². The molecule has 1 aromatic carbocycles. The molecule has 2 N–H and O–H groups in total. The van der Waals surface area contributed by atoms with E-state index in [-0.39, 0.29) is 0 Å². The number of ether oxygens (including phenoxy) is 1. The predicted molar refractivity (Wildman–Crippen MR) is 87.3 cm³/mol. The van der Waals surface area contributed by atoms with Gasteiger partial charge in [-0.1, -0.05) is 18.2 Å². The molecular formula is C17H22N4O. The van der Waals surface area contributed by atoms with Gasteiger partial charge in [0.15, 0.2) is 0 Å². The van der Waals surface area contributed by atoms with Crippen LogP contribution in [0, 0.1) is 0 Å². The van der Waals surface area contributed by atoms with Gasteiger partial charge >= 0.3 is 0 Å². The Kier molecular flexibility index (Phi) is 4.85. The second-order valence-electron chi connectivity index (χ2n) is 5.62. The SMILES string of the molecule is CNC1CCC(Nc2nccc(Oc3ccccc3)n2)CC1. The lowest BCUT2D eigenvalue weighted by Crippen LogP contribution is -2.35. The summed E-state index contributed by atoms with van der Waals surface area (Å²) in [5, 5.41) is 6.77. The van der Waals surface area contributed by atoms with Gasteiger partial charge < -0.3 is 15.4 Å². The number of nitrogens with one attached hydrogen (secondary N) is 2. The molecule has 5 heteroatoms. The third kappa shape index (κ3) is 3.95. The number of nitrogens with zero attached hydrogens (tertiary/aromatic N) is 2. The van der Waals surface area contributed by atoms with E-state index in [0.717, 1.165) is 18.6 Å². The maximum absolute atomic E-state index is 5.74.